The number of hydrogen-bond acceptors (Lipinski definition) is 5. The van der Waals surface area contributed by atoms with Crippen LogP contribution in [-0.2, 0) is 20.9 Å². The van der Waals surface area contributed by atoms with Crippen molar-refractivity contribution in [2.45, 2.75) is 48.3 Å². The number of nitrogens with zero attached hydrogens (tertiary/aromatic N) is 1. The van der Waals surface area contributed by atoms with E-state index in [1.165, 1.54) is 0 Å². The molecule has 3 saturated heterocycles. The molecule has 5 atom stereocenters. The van der Waals surface area contributed by atoms with Crippen molar-refractivity contribution < 1.29 is 19.5 Å². The number of likely N-dealkylation sites (tertiary alicyclic amines) is 1. The lowest BCUT2D eigenvalue weighted by Crippen LogP contribution is -2.52. The number of para-hydroxylation sites is 1. The Bertz CT molecular complexity index is 1180. The third kappa shape index (κ3) is 4.09. The van der Waals surface area contributed by atoms with Gasteiger partial charge in [-0.3, -0.25) is 14.4 Å². The number of thioether (sulfide) groups is 1. The van der Waals surface area contributed by atoms with E-state index in [-0.39, 0.29) is 30.9 Å². The molecule has 0 aromatic heterocycles. The molecule has 3 aliphatic rings. The van der Waals surface area contributed by atoms with Crippen LogP contribution in [0.4, 0.5) is 5.69 Å². The van der Waals surface area contributed by atoms with Crippen LogP contribution in [0, 0.1) is 11.8 Å². The number of hydrogen-bond donors (Lipinski definition) is 3. The second-order valence-electron chi connectivity index (χ2n) is 10.0. The van der Waals surface area contributed by atoms with Crippen LogP contribution < -0.4 is 10.6 Å². The largest absolute Gasteiger partial charge is 0.396 e. The molecular formula is C27H30ClN3O4S. The van der Waals surface area contributed by atoms with E-state index in [0.717, 1.165) is 12.0 Å². The van der Waals surface area contributed by atoms with Crippen molar-refractivity contribution in [3.8, 4) is 0 Å². The molecule has 3 aliphatic heterocycles. The van der Waals surface area contributed by atoms with Crippen molar-refractivity contribution in [2.75, 3.05) is 18.5 Å². The number of nitrogens with one attached hydrogen (secondary N) is 2. The zero-order valence-corrected chi connectivity index (χ0v) is 21.6. The number of aliphatic hydroxyl groups is 1. The second-order valence-corrected chi connectivity index (χ2v) is 12.3. The van der Waals surface area contributed by atoms with Crippen molar-refractivity contribution in [3.63, 3.8) is 0 Å². The summed E-state index contributed by atoms with van der Waals surface area (Å²) in [7, 11) is 0. The molecule has 36 heavy (non-hydrogen) atoms. The van der Waals surface area contributed by atoms with E-state index in [1.807, 2.05) is 37.3 Å². The minimum Gasteiger partial charge on any atom is -0.396 e. The third-order valence-corrected chi connectivity index (χ3v) is 10.1. The second kappa shape index (κ2) is 9.72. The van der Waals surface area contributed by atoms with Crippen molar-refractivity contribution in [1.82, 2.24) is 10.2 Å². The van der Waals surface area contributed by atoms with Crippen molar-refractivity contribution in [2.24, 2.45) is 11.8 Å². The maximum Gasteiger partial charge on any atom is 0.248 e. The molecule has 190 valence electrons. The minimum atomic E-state index is -0.753. The van der Waals surface area contributed by atoms with Gasteiger partial charge in [0.15, 0.2) is 0 Å². The Morgan fingerprint density at radius 1 is 1.11 bits per heavy atom. The first-order valence-corrected chi connectivity index (χ1v) is 13.5. The summed E-state index contributed by atoms with van der Waals surface area (Å²) in [5.74, 6) is -1.78. The van der Waals surface area contributed by atoms with Gasteiger partial charge in [-0.2, -0.15) is 0 Å². The molecule has 3 N–H and O–H groups in total. The molecular weight excluding hydrogens is 498 g/mol. The SMILES string of the molecule is C[C@@]12CCC3(S1)C(C(=O)Nc1ccccc1Cl)N(CCCO)C(=O)[C@@H]3[C@@H]2C(=O)NCc1ccccc1. The van der Waals surface area contributed by atoms with E-state index in [1.54, 1.807) is 40.9 Å². The lowest BCUT2D eigenvalue weighted by molar-refractivity contribution is -0.140. The fourth-order valence-electron chi connectivity index (χ4n) is 6.27. The standard InChI is InChI=1S/C27H30ClN3O4S/c1-26-12-13-27(36-26)21(20(26)23(33)29-16-17-8-3-2-4-9-17)25(35)31(14-7-15-32)22(27)24(34)30-19-11-6-5-10-18(19)28/h2-6,8-11,20-22,32H,7,12-16H2,1H3,(H,29,33)(H,30,34)/t20-,21+,22?,26+,27?/m1/s1. The molecule has 0 aliphatic carbocycles. The van der Waals surface area contributed by atoms with Crippen molar-refractivity contribution >= 4 is 46.8 Å². The minimum absolute atomic E-state index is 0.0911. The fourth-order valence-corrected chi connectivity index (χ4v) is 8.81. The van der Waals surface area contributed by atoms with E-state index in [0.29, 0.717) is 30.1 Å². The normalized spacial score (nSPS) is 30.4. The number of carbonyl (C=O) groups excluding carboxylic acids is 3. The van der Waals surface area contributed by atoms with Gasteiger partial charge in [-0.15, -0.1) is 11.8 Å². The van der Waals surface area contributed by atoms with E-state index in [4.69, 9.17) is 11.6 Å². The average Bonchev–Trinajstić information content (AvgIpc) is 3.44. The lowest BCUT2D eigenvalue weighted by Gasteiger charge is -2.35. The Morgan fingerprint density at radius 3 is 2.56 bits per heavy atom. The lowest BCUT2D eigenvalue weighted by atomic mass is 9.66. The molecule has 9 heteroatoms. The van der Waals surface area contributed by atoms with Crippen LogP contribution in [0.25, 0.3) is 0 Å². The number of anilines is 1. The van der Waals surface area contributed by atoms with Crippen molar-refractivity contribution in [3.05, 3.63) is 65.2 Å². The van der Waals surface area contributed by atoms with Gasteiger partial charge >= 0.3 is 0 Å². The Hall–Kier alpha value is -2.55. The van der Waals surface area contributed by atoms with Gasteiger partial charge in [0.2, 0.25) is 17.7 Å². The van der Waals surface area contributed by atoms with Crippen LogP contribution in [0.5, 0.6) is 0 Å². The van der Waals surface area contributed by atoms with Gasteiger partial charge in [-0.1, -0.05) is 54.1 Å². The van der Waals surface area contributed by atoms with Crippen LogP contribution in [0.1, 0.15) is 31.7 Å². The summed E-state index contributed by atoms with van der Waals surface area (Å²) < 4.78 is -1.14. The summed E-state index contributed by atoms with van der Waals surface area (Å²) in [6.45, 7) is 2.59. The van der Waals surface area contributed by atoms with Gasteiger partial charge in [-0.25, -0.2) is 0 Å². The number of rotatable bonds is 8. The number of halogens is 1. The average molecular weight is 528 g/mol. The Morgan fingerprint density at radius 2 is 1.83 bits per heavy atom. The molecule has 5 rings (SSSR count). The molecule has 3 amide bonds. The first-order valence-electron chi connectivity index (χ1n) is 12.3. The fraction of sp³-hybridized carbons (Fsp3) is 0.444. The van der Waals surface area contributed by atoms with E-state index < -0.39 is 27.4 Å². The van der Waals surface area contributed by atoms with E-state index >= 15 is 0 Å². The first kappa shape index (κ1) is 25.1. The van der Waals surface area contributed by atoms with Gasteiger partial charge in [0.1, 0.15) is 6.04 Å². The predicted octanol–water partition coefficient (Wildman–Crippen LogP) is 3.46. The van der Waals surface area contributed by atoms with Crippen molar-refractivity contribution in [1.29, 1.82) is 0 Å². The number of fused-ring (bicyclic) bond motifs is 1. The molecule has 2 aromatic carbocycles. The third-order valence-electron chi connectivity index (χ3n) is 7.81. The van der Waals surface area contributed by atoms with E-state index in [2.05, 4.69) is 10.6 Å². The van der Waals surface area contributed by atoms with Crippen LogP contribution >= 0.6 is 23.4 Å². The highest BCUT2D eigenvalue weighted by molar-refractivity contribution is 8.02. The van der Waals surface area contributed by atoms with Crippen LogP contribution in [0.15, 0.2) is 54.6 Å². The smallest absolute Gasteiger partial charge is 0.248 e. The Kier molecular flexibility index (Phi) is 6.78. The van der Waals surface area contributed by atoms with Gasteiger partial charge in [-0.05, 0) is 43.9 Å². The Labute approximate surface area is 220 Å². The molecule has 2 aromatic rings. The van der Waals surface area contributed by atoms with E-state index in [9.17, 15) is 19.5 Å². The summed E-state index contributed by atoms with van der Waals surface area (Å²) in [5.41, 5.74) is 1.47. The molecule has 3 heterocycles. The molecule has 7 nitrogen and oxygen atoms in total. The highest BCUT2D eigenvalue weighted by Crippen LogP contribution is 2.71. The number of amides is 3. The summed E-state index contributed by atoms with van der Waals surface area (Å²) >= 11 is 7.92. The zero-order valence-electron chi connectivity index (χ0n) is 20.1. The number of benzene rings is 2. The number of aliphatic hydroxyl groups excluding tert-OH is 1. The van der Waals surface area contributed by atoms with Crippen LogP contribution in [0.2, 0.25) is 5.02 Å². The van der Waals surface area contributed by atoms with Gasteiger partial charge in [0.05, 0.1) is 27.3 Å². The molecule has 0 saturated carbocycles. The predicted molar refractivity (Wildman–Crippen MR) is 141 cm³/mol. The maximum absolute atomic E-state index is 13.9. The molecule has 1 spiro atoms. The highest BCUT2D eigenvalue weighted by Gasteiger charge is 2.77. The quantitative estimate of drug-likeness (QED) is 0.488. The Balaban J connectivity index is 1.45. The summed E-state index contributed by atoms with van der Waals surface area (Å²) in [4.78, 5) is 42.8. The highest BCUT2D eigenvalue weighted by atomic mass is 35.5. The molecule has 2 unspecified atom stereocenters. The monoisotopic (exact) mass is 527 g/mol. The first-order chi connectivity index (χ1) is 17.3. The van der Waals surface area contributed by atoms with Gasteiger partial charge in [0, 0.05) is 24.4 Å². The summed E-state index contributed by atoms with van der Waals surface area (Å²) in [5, 5.41) is 15.9. The summed E-state index contributed by atoms with van der Waals surface area (Å²) in [6.07, 6.45) is 1.77. The number of carbonyl (C=O) groups is 3. The van der Waals surface area contributed by atoms with Gasteiger partial charge in [0.25, 0.3) is 0 Å². The molecule has 2 bridgehead atoms. The van der Waals surface area contributed by atoms with Crippen LogP contribution in [0.3, 0.4) is 0 Å². The maximum atomic E-state index is 13.9. The molecule has 0 radical (unpaired) electrons. The zero-order chi connectivity index (χ0) is 25.5. The molecule has 3 fully saturated rings. The van der Waals surface area contributed by atoms with Gasteiger partial charge < -0.3 is 20.6 Å². The van der Waals surface area contributed by atoms with Crippen LogP contribution in [-0.4, -0.2) is 56.4 Å². The topological polar surface area (TPSA) is 98.7 Å². The summed E-state index contributed by atoms with van der Waals surface area (Å²) in [6, 6.07) is 15.9.